The molecule has 4 aromatic rings. The predicted octanol–water partition coefficient (Wildman–Crippen LogP) is 4.68. The fraction of sp³-hybridized carbons (Fsp3) is 0.222. The van der Waals surface area contributed by atoms with Crippen LogP contribution in [0.1, 0.15) is 18.4 Å². The van der Waals surface area contributed by atoms with Crippen LogP contribution in [0.5, 0.6) is 0 Å². The number of rotatable bonds is 6. The van der Waals surface area contributed by atoms with E-state index in [4.69, 9.17) is 4.52 Å². The van der Waals surface area contributed by atoms with Crippen molar-refractivity contribution in [2.45, 2.75) is 31.3 Å². The molecule has 0 aliphatic heterocycles. The lowest BCUT2D eigenvalue weighted by Gasteiger charge is -2.04. The average Bonchev–Trinajstić information content (AvgIpc) is 3.40. The zero-order valence-corrected chi connectivity index (χ0v) is 16.0. The van der Waals surface area contributed by atoms with Crippen LogP contribution in [0.25, 0.3) is 22.1 Å². The Morgan fingerprint density at radius 1 is 1.15 bits per heavy atom. The third-order valence-corrected chi connectivity index (χ3v) is 5.69. The molecule has 6 nitrogen and oxygen atoms in total. The molecular weight excluding hydrogens is 366 g/mol. The summed E-state index contributed by atoms with van der Waals surface area (Å²) in [5.41, 5.74) is 2.15. The molecule has 0 fully saturated rings. The zero-order chi connectivity index (χ0) is 17.9. The molecule has 1 aromatic carbocycles. The zero-order valence-electron chi connectivity index (χ0n) is 14.4. The molecule has 0 unspecified atom stereocenters. The molecule has 3 aromatic heterocycles. The van der Waals surface area contributed by atoms with Gasteiger partial charge in [0.25, 0.3) is 0 Å². The summed E-state index contributed by atoms with van der Waals surface area (Å²) in [4.78, 5) is 5.60. The van der Waals surface area contributed by atoms with Crippen LogP contribution in [0.15, 0.2) is 51.5 Å². The number of hydrogen-bond acceptors (Lipinski definition) is 7. The summed E-state index contributed by atoms with van der Waals surface area (Å²) >= 11 is 3.21. The number of nitrogens with zero attached hydrogens (tertiary/aromatic N) is 5. The fourth-order valence-corrected chi connectivity index (χ4v) is 4.09. The number of aryl methyl sites for hydroxylation is 1. The van der Waals surface area contributed by atoms with Gasteiger partial charge in [0.1, 0.15) is 0 Å². The first-order chi connectivity index (χ1) is 12.7. The Morgan fingerprint density at radius 2 is 2.00 bits per heavy atom. The summed E-state index contributed by atoms with van der Waals surface area (Å²) in [6.07, 6.45) is 0. The Hall–Kier alpha value is -2.45. The molecule has 0 spiro atoms. The van der Waals surface area contributed by atoms with E-state index in [9.17, 15) is 0 Å². The van der Waals surface area contributed by atoms with Crippen molar-refractivity contribution in [1.82, 2.24) is 24.9 Å². The van der Waals surface area contributed by atoms with Crippen LogP contribution in [0.2, 0.25) is 0 Å². The van der Waals surface area contributed by atoms with Crippen molar-refractivity contribution in [3.8, 4) is 22.1 Å². The first-order valence-corrected chi connectivity index (χ1v) is 10.1. The van der Waals surface area contributed by atoms with Crippen molar-refractivity contribution < 1.29 is 4.52 Å². The molecule has 3 heterocycles. The van der Waals surface area contributed by atoms with Gasteiger partial charge in [0.05, 0.1) is 10.6 Å². The van der Waals surface area contributed by atoms with Crippen LogP contribution in [-0.2, 0) is 12.3 Å². The number of benzene rings is 1. The molecule has 26 heavy (non-hydrogen) atoms. The number of aromatic nitrogens is 5. The molecule has 0 bridgehead atoms. The van der Waals surface area contributed by atoms with Gasteiger partial charge in [-0.25, -0.2) is 0 Å². The van der Waals surface area contributed by atoms with Gasteiger partial charge < -0.3 is 9.09 Å². The summed E-state index contributed by atoms with van der Waals surface area (Å²) in [7, 11) is 0. The van der Waals surface area contributed by atoms with Gasteiger partial charge in [-0.3, -0.25) is 0 Å². The van der Waals surface area contributed by atoms with E-state index in [0.717, 1.165) is 28.0 Å². The Bertz CT molecular complexity index is 989. The van der Waals surface area contributed by atoms with Crippen molar-refractivity contribution >= 4 is 23.1 Å². The molecule has 8 heteroatoms. The van der Waals surface area contributed by atoms with E-state index in [1.54, 1.807) is 23.1 Å². The molecule has 4 rings (SSSR count). The van der Waals surface area contributed by atoms with E-state index in [-0.39, 0.29) is 0 Å². The van der Waals surface area contributed by atoms with Crippen molar-refractivity contribution in [3.63, 3.8) is 0 Å². The van der Waals surface area contributed by atoms with Crippen molar-refractivity contribution in [3.05, 3.63) is 53.2 Å². The lowest BCUT2D eigenvalue weighted by Crippen LogP contribution is -1.99. The van der Waals surface area contributed by atoms with Gasteiger partial charge in [0.15, 0.2) is 11.0 Å². The van der Waals surface area contributed by atoms with Gasteiger partial charge in [0, 0.05) is 12.1 Å². The maximum Gasteiger partial charge on any atom is 0.237 e. The normalized spacial score (nSPS) is 11.2. The van der Waals surface area contributed by atoms with Crippen LogP contribution in [0, 0.1) is 6.92 Å². The second kappa shape index (κ2) is 7.43. The predicted molar refractivity (Wildman–Crippen MR) is 103 cm³/mol. The Balaban J connectivity index is 1.49. The Labute approximate surface area is 159 Å². The largest absolute Gasteiger partial charge is 0.338 e. The van der Waals surface area contributed by atoms with Crippen LogP contribution >= 0.6 is 23.1 Å². The van der Waals surface area contributed by atoms with Crippen LogP contribution in [0.4, 0.5) is 0 Å². The molecule has 0 saturated heterocycles. The van der Waals surface area contributed by atoms with E-state index < -0.39 is 0 Å². The van der Waals surface area contributed by atoms with E-state index in [1.165, 1.54) is 5.56 Å². The minimum atomic E-state index is 0.557. The number of thioether (sulfide) groups is 1. The highest BCUT2D eigenvalue weighted by Gasteiger charge is 2.16. The highest BCUT2D eigenvalue weighted by Crippen LogP contribution is 2.28. The minimum Gasteiger partial charge on any atom is -0.338 e. The summed E-state index contributed by atoms with van der Waals surface area (Å²) in [5, 5.41) is 15.6. The topological polar surface area (TPSA) is 69.6 Å². The molecule has 0 N–H and O–H groups in total. The van der Waals surface area contributed by atoms with E-state index in [1.807, 2.05) is 35.7 Å². The van der Waals surface area contributed by atoms with Crippen LogP contribution < -0.4 is 0 Å². The van der Waals surface area contributed by atoms with Gasteiger partial charge in [-0.2, -0.15) is 4.98 Å². The quantitative estimate of drug-likeness (QED) is 0.450. The minimum absolute atomic E-state index is 0.557. The van der Waals surface area contributed by atoms with Crippen molar-refractivity contribution in [2.75, 3.05) is 0 Å². The first-order valence-electron chi connectivity index (χ1n) is 8.24. The fourth-order valence-electron chi connectivity index (χ4n) is 2.53. The number of thiophene rings is 1. The molecule has 0 amide bonds. The molecule has 0 saturated carbocycles. The summed E-state index contributed by atoms with van der Waals surface area (Å²) in [5.74, 6) is 2.64. The van der Waals surface area contributed by atoms with E-state index in [2.05, 4.69) is 44.8 Å². The molecule has 0 aliphatic carbocycles. The van der Waals surface area contributed by atoms with Crippen molar-refractivity contribution in [2.24, 2.45) is 0 Å². The maximum atomic E-state index is 5.39. The highest BCUT2D eigenvalue weighted by molar-refractivity contribution is 7.98. The molecule has 0 aliphatic rings. The summed E-state index contributed by atoms with van der Waals surface area (Å²) < 4.78 is 7.49. The van der Waals surface area contributed by atoms with Crippen LogP contribution in [0.3, 0.4) is 0 Å². The highest BCUT2D eigenvalue weighted by atomic mass is 32.2. The lowest BCUT2D eigenvalue weighted by atomic mass is 10.1. The van der Waals surface area contributed by atoms with Gasteiger partial charge in [-0.05, 0) is 25.3 Å². The Kier molecular flexibility index (Phi) is 4.85. The summed E-state index contributed by atoms with van der Waals surface area (Å²) in [6, 6.07) is 12.1. The summed E-state index contributed by atoms with van der Waals surface area (Å²) in [6.45, 7) is 4.95. The monoisotopic (exact) mass is 383 g/mol. The second-order valence-corrected chi connectivity index (χ2v) is 7.58. The third kappa shape index (κ3) is 3.42. The SMILES string of the molecule is CCn1c(SCc2nc(-c3ccc(C)cc3)no2)nnc1-c1cccs1. The smallest absolute Gasteiger partial charge is 0.237 e. The first kappa shape index (κ1) is 17.0. The van der Waals surface area contributed by atoms with Gasteiger partial charge in [-0.15, -0.1) is 21.5 Å². The maximum absolute atomic E-state index is 5.39. The van der Waals surface area contributed by atoms with Gasteiger partial charge in [0.2, 0.25) is 11.7 Å². The number of hydrogen-bond donors (Lipinski definition) is 0. The second-order valence-electron chi connectivity index (χ2n) is 5.69. The van der Waals surface area contributed by atoms with Gasteiger partial charge >= 0.3 is 0 Å². The van der Waals surface area contributed by atoms with E-state index >= 15 is 0 Å². The average molecular weight is 384 g/mol. The third-order valence-electron chi connectivity index (χ3n) is 3.88. The molecule has 0 radical (unpaired) electrons. The molecule has 132 valence electrons. The molecular formula is C18H17N5OS2. The molecule has 0 atom stereocenters. The lowest BCUT2D eigenvalue weighted by molar-refractivity contribution is 0.391. The van der Waals surface area contributed by atoms with Crippen molar-refractivity contribution in [1.29, 1.82) is 0 Å². The van der Waals surface area contributed by atoms with Gasteiger partial charge in [-0.1, -0.05) is 52.8 Å². The Morgan fingerprint density at radius 3 is 2.73 bits per heavy atom. The van der Waals surface area contributed by atoms with E-state index in [0.29, 0.717) is 17.5 Å². The van der Waals surface area contributed by atoms with Crippen LogP contribution in [-0.4, -0.2) is 24.9 Å². The standard InChI is InChI=1S/C18H17N5OS2/c1-3-23-17(14-5-4-10-25-14)20-21-18(23)26-11-15-19-16(22-24-15)13-8-6-12(2)7-9-13/h4-10H,3,11H2,1-2H3.